The molecular weight excluding hydrogens is 256 g/mol. The normalized spacial score (nSPS) is 22.4. The molecule has 1 aromatic carbocycles. The van der Waals surface area contributed by atoms with Crippen molar-refractivity contribution in [3.63, 3.8) is 0 Å². The fraction of sp³-hybridized carbons (Fsp3) is 0.400. The molecule has 0 amide bonds. The fourth-order valence-electron chi connectivity index (χ4n) is 2.64. The van der Waals surface area contributed by atoms with Crippen LogP contribution in [0.4, 0.5) is 0 Å². The summed E-state index contributed by atoms with van der Waals surface area (Å²) >= 11 is 0. The topological polar surface area (TPSA) is 74.5 Å². The minimum Gasteiger partial charge on any atom is -0.508 e. The summed E-state index contributed by atoms with van der Waals surface area (Å²) in [6.07, 6.45) is 1.06. The zero-order chi connectivity index (χ0) is 14.2. The Balaban J connectivity index is 1.92. The lowest BCUT2D eigenvalue weighted by Gasteiger charge is -2.24. The molecule has 0 aliphatic carbocycles. The van der Waals surface area contributed by atoms with Gasteiger partial charge in [0, 0.05) is 36.1 Å². The summed E-state index contributed by atoms with van der Waals surface area (Å²) in [5.41, 5.74) is 0.974. The molecule has 1 aliphatic rings. The second-order valence-electron chi connectivity index (χ2n) is 5.61. The van der Waals surface area contributed by atoms with Gasteiger partial charge in [-0.25, -0.2) is 4.79 Å². The molecule has 5 heteroatoms. The second-order valence-corrected chi connectivity index (χ2v) is 5.61. The molecule has 3 rings (SSSR count). The molecule has 2 aromatic rings. The van der Waals surface area contributed by atoms with E-state index in [9.17, 15) is 9.90 Å². The zero-order valence-corrected chi connectivity index (χ0v) is 11.4. The lowest BCUT2D eigenvalue weighted by molar-refractivity contribution is 0.385. The minimum atomic E-state index is -0.394. The molecular formula is C15H18N2O3. The SMILES string of the molecule is CC1(NCc2cc(=O)oc3cc(O)ccc23)CCNC1. The van der Waals surface area contributed by atoms with E-state index in [0.717, 1.165) is 30.5 Å². The van der Waals surface area contributed by atoms with Crippen LogP contribution in [0.15, 0.2) is 33.5 Å². The molecule has 0 spiro atoms. The van der Waals surface area contributed by atoms with Crippen molar-refractivity contribution in [1.82, 2.24) is 10.6 Å². The third-order valence-electron chi connectivity index (χ3n) is 3.89. The molecule has 1 aromatic heterocycles. The summed E-state index contributed by atoms with van der Waals surface area (Å²) < 4.78 is 5.12. The summed E-state index contributed by atoms with van der Waals surface area (Å²) in [6, 6.07) is 6.36. The Morgan fingerprint density at radius 3 is 3.05 bits per heavy atom. The van der Waals surface area contributed by atoms with Crippen LogP contribution < -0.4 is 16.3 Å². The Kier molecular flexibility index (Phi) is 3.23. The number of rotatable bonds is 3. The van der Waals surface area contributed by atoms with Gasteiger partial charge in [-0.2, -0.15) is 0 Å². The van der Waals surface area contributed by atoms with Crippen LogP contribution in [-0.4, -0.2) is 23.7 Å². The third-order valence-corrected chi connectivity index (χ3v) is 3.89. The highest BCUT2D eigenvalue weighted by Crippen LogP contribution is 2.22. The molecule has 1 atom stereocenters. The van der Waals surface area contributed by atoms with Crippen LogP contribution in [0.1, 0.15) is 18.9 Å². The summed E-state index contributed by atoms with van der Waals surface area (Å²) in [5, 5.41) is 17.2. The number of nitrogens with one attached hydrogen (secondary N) is 2. The summed E-state index contributed by atoms with van der Waals surface area (Å²) in [7, 11) is 0. The Hall–Kier alpha value is -1.85. The molecule has 5 nitrogen and oxygen atoms in total. The zero-order valence-electron chi connectivity index (χ0n) is 11.4. The van der Waals surface area contributed by atoms with Crippen LogP contribution in [0.3, 0.4) is 0 Å². The lowest BCUT2D eigenvalue weighted by Crippen LogP contribution is -2.43. The predicted octanol–water partition coefficient (Wildman–Crippen LogP) is 1.34. The van der Waals surface area contributed by atoms with Gasteiger partial charge in [-0.15, -0.1) is 0 Å². The highest BCUT2D eigenvalue weighted by molar-refractivity contribution is 5.81. The molecule has 1 unspecified atom stereocenters. The fourth-order valence-corrected chi connectivity index (χ4v) is 2.64. The quantitative estimate of drug-likeness (QED) is 0.737. The van der Waals surface area contributed by atoms with Crippen molar-refractivity contribution in [2.24, 2.45) is 0 Å². The van der Waals surface area contributed by atoms with Crippen molar-refractivity contribution >= 4 is 11.0 Å². The van der Waals surface area contributed by atoms with Gasteiger partial charge in [0.2, 0.25) is 0 Å². The maximum Gasteiger partial charge on any atom is 0.336 e. The van der Waals surface area contributed by atoms with Crippen molar-refractivity contribution < 1.29 is 9.52 Å². The molecule has 2 heterocycles. The summed E-state index contributed by atoms with van der Waals surface area (Å²) in [5.74, 6) is 0.0951. The highest BCUT2D eigenvalue weighted by Gasteiger charge is 2.27. The van der Waals surface area contributed by atoms with Crippen LogP contribution in [0, 0.1) is 0 Å². The standard InChI is InChI=1S/C15H18N2O3/c1-15(4-5-16-9-15)17-8-10-6-14(19)20-13-7-11(18)2-3-12(10)13/h2-3,6-7,16-18H,4-5,8-9H2,1H3. The Morgan fingerprint density at radius 2 is 2.30 bits per heavy atom. The Labute approximate surface area is 116 Å². The number of phenolic OH excluding ortho intramolecular Hbond substituents is 1. The van der Waals surface area contributed by atoms with Gasteiger partial charge in [-0.05, 0) is 37.6 Å². The number of benzene rings is 1. The van der Waals surface area contributed by atoms with Crippen molar-refractivity contribution in [3.8, 4) is 5.75 Å². The number of hydrogen-bond acceptors (Lipinski definition) is 5. The summed E-state index contributed by atoms with van der Waals surface area (Å²) in [4.78, 5) is 11.6. The molecule has 106 valence electrons. The van der Waals surface area contributed by atoms with Crippen LogP contribution in [0.25, 0.3) is 11.0 Å². The maximum absolute atomic E-state index is 11.6. The predicted molar refractivity (Wildman–Crippen MR) is 76.9 cm³/mol. The molecule has 1 fully saturated rings. The van der Waals surface area contributed by atoms with Crippen LogP contribution in [0.2, 0.25) is 0 Å². The van der Waals surface area contributed by atoms with Gasteiger partial charge in [0.15, 0.2) is 0 Å². The summed E-state index contributed by atoms with van der Waals surface area (Å²) in [6.45, 7) is 4.71. The van der Waals surface area contributed by atoms with E-state index in [2.05, 4.69) is 17.6 Å². The molecule has 0 radical (unpaired) electrons. The number of fused-ring (bicyclic) bond motifs is 1. The highest BCUT2D eigenvalue weighted by atomic mass is 16.4. The molecule has 0 saturated carbocycles. The van der Waals surface area contributed by atoms with Crippen molar-refractivity contribution in [2.75, 3.05) is 13.1 Å². The maximum atomic E-state index is 11.6. The Bertz CT molecular complexity index is 687. The first-order valence-electron chi connectivity index (χ1n) is 6.77. The third kappa shape index (κ3) is 2.55. The number of phenols is 1. The van der Waals surface area contributed by atoms with Gasteiger partial charge < -0.3 is 20.2 Å². The first-order valence-corrected chi connectivity index (χ1v) is 6.77. The average Bonchev–Trinajstić information content (AvgIpc) is 2.83. The number of hydrogen-bond donors (Lipinski definition) is 3. The monoisotopic (exact) mass is 274 g/mol. The van der Waals surface area contributed by atoms with Crippen molar-refractivity contribution in [2.45, 2.75) is 25.4 Å². The first-order chi connectivity index (χ1) is 9.56. The van der Waals surface area contributed by atoms with E-state index < -0.39 is 5.63 Å². The molecule has 1 aliphatic heterocycles. The van der Waals surface area contributed by atoms with E-state index in [0.29, 0.717) is 12.1 Å². The minimum absolute atomic E-state index is 0.0548. The molecule has 0 bridgehead atoms. The van der Waals surface area contributed by atoms with E-state index in [-0.39, 0.29) is 11.3 Å². The van der Waals surface area contributed by atoms with E-state index >= 15 is 0 Å². The molecule has 3 N–H and O–H groups in total. The molecule has 20 heavy (non-hydrogen) atoms. The van der Waals surface area contributed by atoms with Gasteiger partial charge in [-0.3, -0.25) is 0 Å². The van der Waals surface area contributed by atoms with Crippen LogP contribution in [-0.2, 0) is 6.54 Å². The van der Waals surface area contributed by atoms with Gasteiger partial charge in [0.25, 0.3) is 0 Å². The second kappa shape index (κ2) is 4.92. The number of aromatic hydroxyl groups is 1. The average molecular weight is 274 g/mol. The van der Waals surface area contributed by atoms with Gasteiger partial charge in [0.1, 0.15) is 11.3 Å². The van der Waals surface area contributed by atoms with E-state index in [4.69, 9.17) is 4.42 Å². The van der Waals surface area contributed by atoms with Crippen LogP contribution in [0.5, 0.6) is 5.75 Å². The van der Waals surface area contributed by atoms with E-state index in [1.165, 1.54) is 12.1 Å². The van der Waals surface area contributed by atoms with Crippen molar-refractivity contribution in [3.05, 3.63) is 40.2 Å². The van der Waals surface area contributed by atoms with E-state index in [1.54, 1.807) is 12.1 Å². The van der Waals surface area contributed by atoms with Gasteiger partial charge in [-0.1, -0.05) is 0 Å². The van der Waals surface area contributed by atoms with Gasteiger partial charge >= 0.3 is 5.63 Å². The first kappa shape index (κ1) is 13.1. The Morgan fingerprint density at radius 1 is 1.45 bits per heavy atom. The van der Waals surface area contributed by atoms with Crippen LogP contribution >= 0.6 is 0 Å². The van der Waals surface area contributed by atoms with Gasteiger partial charge in [0.05, 0.1) is 0 Å². The lowest BCUT2D eigenvalue weighted by atomic mass is 10.0. The van der Waals surface area contributed by atoms with E-state index in [1.807, 2.05) is 0 Å². The smallest absolute Gasteiger partial charge is 0.336 e. The largest absolute Gasteiger partial charge is 0.508 e. The van der Waals surface area contributed by atoms with Crippen molar-refractivity contribution in [1.29, 1.82) is 0 Å². The molecule has 1 saturated heterocycles.